The molecule has 0 atom stereocenters. The van der Waals surface area contributed by atoms with Gasteiger partial charge in [0.25, 0.3) is 11.5 Å². The number of nitrogens with two attached hydrogens (primary N) is 2. The van der Waals surface area contributed by atoms with Crippen LogP contribution in [-0.2, 0) is 20.5 Å². The third-order valence-electron chi connectivity index (χ3n) is 6.13. The molecule has 3 heterocycles. The number of aromatic nitrogens is 6. The van der Waals surface area contributed by atoms with Gasteiger partial charge in [0.1, 0.15) is 23.0 Å². The quantitative estimate of drug-likeness (QED) is 0.211. The number of rotatable bonds is 6. The number of nitrogen functional groups attached to an aromatic ring is 1. The zero-order chi connectivity index (χ0) is 30.4. The van der Waals surface area contributed by atoms with E-state index in [4.69, 9.17) is 11.5 Å². The Balaban J connectivity index is 0.000000244. The number of amides is 1. The Morgan fingerprint density at radius 3 is 2.60 bits per heavy atom. The lowest BCUT2D eigenvalue weighted by Gasteiger charge is -2.13. The van der Waals surface area contributed by atoms with Gasteiger partial charge in [-0.15, -0.1) is 6.58 Å². The molecule has 0 aliphatic rings. The molecule has 5 N–H and O–H groups in total. The Morgan fingerprint density at radius 2 is 1.95 bits per heavy atom. The monoisotopic (exact) mass is 567 g/mol. The van der Waals surface area contributed by atoms with Crippen molar-refractivity contribution in [3.05, 3.63) is 106 Å². The fourth-order valence-electron chi connectivity index (χ4n) is 4.28. The topological polar surface area (TPSA) is 152 Å². The van der Waals surface area contributed by atoms with Crippen LogP contribution in [0.15, 0.2) is 72.3 Å². The molecule has 214 valence electrons. The molecule has 42 heavy (non-hydrogen) atoms. The number of halogens is 1. The van der Waals surface area contributed by atoms with E-state index in [1.807, 2.05) is 20.0 Å². The molecule has 0 unspecified atom stereocenters. The van der Waals surface area contributed by atoms with Crippen LogP contribution in [0.25, 0.3) is 16.6 Å². The number of hydrogen-bond acceptors (Lipinski definition) is 7. The van der Waals surface area contributed by atoms with Crippen molar-refractivity contribution < 1.29 is 9.18 Å². The Labute approximate surface area is 241 Å². The third kappa shape index (κ3) is 6.20. The van der Waals surface area contributed by atoms with Crippen molar-refractivity contribution in [1.29, 1.82) is 0 Å². The van der Waals surface area contributed by atoms with Gasteiger partial charge in [0.15, 0.2) is 5.82 Å². The number of carbonyl (C=O) groups is 1. The van der Waals surface area contributed by atoms with Crippen LogP contribution >= 0.6 is 0 Å². The number of anilines is 2. The smallest absolute Gasteiger partial charge is 0.267 e. The van der Waals surface area contributed by atoms with E-state index in [9.17, 15) is 14.0 Å². The van der Waals surface area contributed by atoms with Crippen molar-refractivity contribution in [2.24, 2.45) is 19.8 Å². The molecule has 0 radical (unpaired) electrons. The average Bonchev–Trinajstić information content (AvgIpc) is 3.51. The second kappa shape index (κ2) is 12.6. The lowest BCUT2D eigenvalue weighted by atomic mass is 10.1. The minimum absolute atomic E-state index is 0.131. The molecule has 0 aliphatic carbocycles. The van der Waals surface area contributed by atoms with Crippen molar-refractivity contribution in [3.63, 3.8) is 0 Å². The highest BCUT2D eigenvalue weighted by Gasteiger charge is 2.18. The van der Waals surface area contributed by atoms with Crippen LogP contribution in [0.5, 0.6) is 0 Å². The van der Waals surface area contributed by atoms with E-state index in [0.717, 1.165) is 5.56 Å². The van der Waals surface area contributed by atoms with Crippen LogP contribution in [-0.4, -0.2) is 41.6 Å². The molecule has 12 heteroatoms. The minimum atomic E-state index is -0.595. The Bertz CT molecular complexity index is 1910. The van der Waals surface area contributed by atoms with Crippen LogP contribution in [0.3, 0.4) is 0 Å². The number of nitrogens with zero attached hydrogens (tertiary/aromatic N) is 6. The van der Waals surface area contributed by atoms with E-state index < -0.39 is 11.7 Å². The Morgan fingerprint density at radius 1 is 1.19 bits per heavy atom. The van der Waals surface area contributed by atoms with E-state index in [-0.39, 0.29) is 16.9 Å². The highest BCUT2D eigenvalue weighted by atomic mass is 19.1. The number of benzene rings is 2. The highest BCUT2D eigenvalue weighted by molar-refractivity contribution is 6.02. The van der Waals surface area contributed by atoms with E-state index in [1.165, 1.54) is 21.4 Å². The van der Waals surface area contributed by atoms with Gasteiger partial charge in [-0.1, -0.05) is 37.0 Å². The highest BCUT2D eigenvalue weighted by Crippen LogP contribution is 2.20. The van der Waals surface area contributed by atoms with Crippen molar-refractivity contribution >= 4 is 28.4 Å². The molecule has 0 bridgehead atoms. The summed E-state index contributed by atoms with van der Waals surface area (Å²) in [5.74, 6) is 6.29. The molecule has 0 saturated carbocycles. The summed E-state index contributed by atoms with van der Waals surface area (Å²) in [7, 11) is 3.49. The molecule has 1 amide bonds. The van der Waals surface area contributed by atoms with Crippen LogP contribution in [0.2, 0.25) is 0 Å². The van der Waals surface area contributed by atoms with Crippen LogP contribution in [0.1, 0.15) is 34.2 Å². The maximum Gasteiger partial charge on any atom is 0.267 e. The average molecular weight is 568 g/mol. The lowest BCUT2D eigenvalue weighted by molar-refractivity contribution is 0.100. The number of aryl methyl sites for hydroxylation is 3. The van der Waals surface area contributed by atoms with Crippen LogP contribution in [0.4, 0.5) is 16.0 Å². The Kier molecular flexibility index (Phi) is 8.82. The summed E-state index contributed by atoms with van der Waals surface area (Å²) in [4.78, 5) is 29.1. The maximum atomic E-state index is 13.8. The normalized spacial score (nSPS) is 10.4. The van der Waals surface area contributed by atoms with Gasteiger partial charge in [-0.3, -0.25) is 23.5 Å². The van der Waals surface area contributed by atoms with Gasteiger partial charge in [0, 0.05) is 38.8 Å². The minimum Gasteiger partial charge on any atom is -0.381 e. The van der Waals surface area contributed by atoms with E-state index >= 15 is 0 Å². The molecule has 0 saturated heterocycles. The van der Waals surface area contributed by atoms with Gasteiger partial charge in [-0.2, -0.15) is 10.2 Å². The predicted molar refractivity (Wildman–Crippen MR) is 161 cm³/mol. The van der Waals surface area contributed by atoms with Gasteiger partial charge in [0.05, 0.1) is 28.4 Å². The van der Waals surface area contributed by atoms with Crippen molar-refractivity contribution in [2.75, 3.05) is 17.6 Å². The number of primary amides is 1. The molecule has 0 spiro atoms. The second-order valence-electron chi connectivity index (χ2n) is 9.12. The summed E-state index contributed by atoms with van der Waals surface area (Å²) in [5, 5.41) is 11.3. The molecular formula is C30H30FN9O2. The van der Waals surface area contributed by atoms with Crippen molar-refractivity contribution in [1.82, 2.24) is 29.1 Å². The van der Waals surface area contributed by atoms with Gasteiger partial charge in [0.2, 0.25) is 0 Å². The first-order valence-corrected chi connectivity index (χ1v) is 12.9. The number of hydrogen-bond donors (Lipinski definition) is 3. The lowest BCUT2D eigenvalue weighted by Crippen LogP contribution is -2.24. The zero-order valence-corrected chi connectivity index (χ0v) is 23.4. The summed E-state index contributed by atoms with van der Waals surface area (Å²) < 4.78 is 18.4. The van der Waals surface area contributed by atoms with Crippen LogP contribution < -0.4 is 22.3 Å². The summed E-state index contributed by atoms with van der Waals surface area (Å²) >= 11 is 0. The first-order chi connectivity index (χ1) is 20.1. The molecule has 11 nitrogen and oxygen atoms in total. The van der Waals surface area contributed by atoms with Crippen molar-refractivity contribution in [3.8, 4) is 17.5 Å². The molecule has 3 aromatic heterocycles. The van der Waals surface area contributed by atoms with Crippen LogP contribution in [0, 0.1) is 17.7 Å². The molecule has 0 fully saturated rings. The summed E-state index contributed by atoms with van der Waals surface area (Å²) in [5.41, 5.74) is 13.0. The van der Waals surface area contributed by atoms with E-state index in [0.29, 0.717) is 46.8 Å². The molecule has 5 aromatic rings. The molecule has 2 aromatic carbocycles. The first-order valence-electron chi connectivity index (χ1n) is 12.9. The Hall–Kier alpha value is -5.70. The summed E-state index contributed by atoms with van der Waals surface area (Å²) in [6.45, 7) is 5.97. The third-order valence-corrected chi connectivity index (χ3v) is 6.13. The molecule has 0 aliphatic heterocycles. The van der Waals surface area contributed by atoms with Gasteiger partial charge in [-0.25, -0.2) is 9.37 Å². The molecular weight excluding hydrogens is 537 g/mol. The number of nitrogens with one attached hydrogen (secondary N) is 1. The first kappa shape index (κ1) is 29.3. The number of carbonyl (C=O) groups excluding carboxylic acids is 1. The van der Waals surface area contributed by atoms with Gasteiger partial charge >= 0.3 is 0 Å². The maximum absolute atomic E-state index is 13.8. The van der Waals surface area contributed by atoms with Gasteiger partial charge in [-0.05, 0) is 30.3 Å². The summed E-state index contributed by atoms with van der Waals surface area (Å²) in [6.07, 6.45) is 5.66. The van der Waals surface area contributed by atoms with E-state index in [1.54, 1.807) is 54.5 Å². The zero-order valence-electron chi connectivity index (χ0n) is 23.4. The second-order valence-corrected chi connectivity index (χ2v) is 9.12. The summed E-state index contributed by atoms with van der Waals surface area (Å²) in [6, 6.07) is 11.4. The van der Waals surface area contributed by atoms with E-state index in [2.05, 4.69) is 38.9 Å². The van der Waals surface area contributed by atoms with Gasteiger partial charge < -0.3 is 16.8 Å². The molecule has 5 rings (SSSR count). The fraction of sp³-hybridized carbons (Fsp3) is 0.167. The number of fused-ring (bicyclic) bond motifs is 1. The standard InChI is InChI=1S/C22H17FN4O.C8H13N5O/c1-3-20-25-19-9-4-6-16(11-10-15-13-24-26(2)14-15)21(19)22(28)27(20)18-8-5-7-17(23)12-18;1-3-4-11-8-5(7(10)14)6(9)12-13(8)2/h4-9,12-14H,3H2,1-2H3;3,11H,1,4H2,2H3,(H2,9,12)(H2,10,14). The fourth-order valence-corrected chi connectivity index (χ4v) is 4.28. The SMILES string of the molecule is C=CCNc1c(C(N)=O)c(N)nn1C.CCc1nc2cccc(C#Cc3cnn(C)c3)c2c(=O)n1-c1cccc(F)c1. The van der Waals surface area contributed by atoms with Crippen molar-refractivity contribution in [2.45, 2.75) is 13.3 Å². The largest absolute Gasteiger partial charge is 0.381 e. The predicted octanol–water partition coefficient (Wildman–Crippen LogP) is 2.92.